The molecule has 0 unspecified atom stereocenters. The molecule has 0 saturated heterocycles. The van der Waals surface area contributed by atoms with Crippen LogP contribution in [-0.4, -0.2) is 10.2 Å². The molecule has 2 nitrogen and oxygen atoms in total. The summed E-state index contributed by atoms with van der Waals surface area (Å²) in [4.78, 5) is 0. The van der Waals surface area contributed by atoms with Crippen LogP contribution in [-0.2, 0) is 10.8 Å². The predicted molar refractivity (Wildman–Crippen MR) is 111 cm³/mol. The zero-order chi connectivity index (χ0) is 19.9. The smallest absolute Gasteiger partial charge is 0.127 e. The molecule has 0 aliphatic carbocycles. The summed E-state index contributed by atoms with van der Waals surface area (Å²) in [5.74, 6) is 0.562. The van der Waals surface area contributed by atoms with Gasteiger partial charge in [0.05, 0.1) is 0 Å². The molecule has 2 heteroatoms. The minimum atomic E-state index is -0.129. The Hall–Kier alpha value is -1.96. The maximum atomic E-state index is 11.1. The Kier molecular flexibility index (Phi) is 5.46. The second-order valence-electron chi connectivity index (χ2n) is 8.89. The van der Waals surface area contributed by atoms with Gasteiger partial charge in [0, 0.05) is 22.3 Å². The van der Waals surface area contributed by atoms with Crippen molar-refractivity contribution in [1.29, 1.82) is 0 Å². The highest BCUT2D eigenvalue weighted by molar-refractivity contribution is 5.80. The van der Waals surface area contributed by atoms with Gasteiger partial charge < -0.3 is 10.2 Å². The summed E-state index contributed by atoms with van der Waals surface area (Å²) in [5.41, 5.74) is 5.23. The van der Waals surface area contributed by atoms with Crippen molar-refractivity contribution < 1.29 is 10.2 Å². The monoisotopic (exact) mass is 354 g/mol. The number of phenols is 2. The number of aromatic hydroxyl groups is 2. The molecule has 26 heavy (non-hydrogen) atoms. The second kappa shape index (κ2) is 6.98. The van der Waals surface area contributed by atoms with Gasteiger partial charge >= 0.3 is 0 Å². The van der Waals surface area contributed by atoms with E-state index in [-0.39, 0.29) is 22.3 Å². The largest absolute Gasteiger partial charge is 0.507 e. The van der Waals surface area contributed by atoms with E-state index in [4.69, 9.17) is 0 Å². The van der Waals surface area contributed by atoms with Gasteiger partial charge in [0.1, 0.15) is 11.5 Å². The van der Waals surface area contributed by atoms with Crippen LogP contribution in [0.4, 0.5) is 0 Å². The number of aryl methyl sites for hydroxylation is 2. The van der Waals surface area contributed by atoms with Crippen LogP contribution >= 0.6 is 0 Å². The van der Waals surface area contributed by atoms with Gasteiger partial charge in [-0.25, -0.2) is 0 Å². The first-order valence-corrected chi connectivity index (χ1v) is 9.63. The van der Waals surface area contributed by atoms with Crippen molar-refractivity contribution in [2.75, 3.05) is 0 Å². The van der Waals surface area contributed by atoms with Crippen molar-refractivity contribution in [3.05, 3.63) is 46.5 Å². The van der Waals surface area contributed by atoms with E-state index in [1.165, 1.54) is 0 Å². The molecular formula is C24H34O2. The Morgan fingerprint density at radius 2 is 0.962 bits per heavy atom. The van der Waals surface area contributed by atoms with Gasteiger partial charge in [0.2, 0.25) is 0 Å². The number of hydrogen-bond acceptors (Lipinski definition) is 2. The third-order valence-electron chi connectivity index (χ3n) is 6.02. The van der Waals surface area contributed by atoms with Crippen molar-refractivity contribution in [3.8, 4) is 22.6 Å². The minimum Gasteiger partial charge on any atom is -0.507 e. The van der Waals surface area contributed by atoms with Gasteiger partial charge in [-0.15, -0.1) is 0 Å². The summed E-state index contributed by atoms with van der Waals surface area (Å²) >= 11 is 0. The van der Waals surface area contributed by atoms with E-state index in [2.05, 4.69) is 53.7 Å². The van der Waals surface area contributed by atoms with Crippen LogP contribution in [0.1, 0.15) is 76.6 Å². The summed E-state index contributed by atoms with van der Waals surface area (Å²) in [7, 11) is 0. The number of benzene rings is 2. The maximum Gasteiger partial charge on any atom is 0.127 e. The number of hydrogen-bond donors (Lipinski definition) is 2. The minimum absolute atomic E-state index is 0.129. The van der Waals surface area contributed by atoms with E-state index in [0.29, 0.717) is 0 Å². The molecule has 0 aromatic heterocycles. The molecule has 0 spiro atoms. The van der Waals surface area contributed by atoms with E-state index in [9.17, 15) is 10.2 Å². The molecular weight excluding hydrogens is 320 g/mol. The quantitative estimate of drug-likeness (QED) is 0.623. The van der Waals surface area contributed by atoms with E-state index >= 15 is 0 Å². The Morgan fingerprint density at radius 1 is 0.654 bits per heavy atom. The van der Waals surface area contributed by atoms with Crippen molar-refractivity contribution in [3.63, 3.8) is 0 Å². The standard InChI is InChI=1S/C24H34O2/c1-9-23(5,6)19-13-15(3)11-17(21(19)25)18-12-16(4)14-20(22(18)26)24(7,8)10-2/h11-14,25-26H,9-10H2,1-8H3. The highest BCUT2D eigenvalue weighted by Gasteiger charge is 2.28. The zero-order valence-electron chi connectivity index (χ0n) is 17.6. The Morgan fingerprint density at radius 3 is 1.23 bits per heavy atom. The van der Waals surface area contributed by atoms with Crippen LogP contribution in [0.2, 0.25) is 0 Å². The average Bonchev–Trinajstić information content (AvgIpc) is 2.58. The molecule has 0 saturated carbocycles. The van der Waals surface area contributed by atoms with E-state index in [1.807, 2.05) is 26.0 Å². The molecule has 0 aliphatic rings. The lowest BCUT2D eigenvalue weighted by Crippen LogP contribution is -2.17. The Bertz CT molecular complexity index is 744. The van der Waals surface area contributed by atoms with E-state index in [0.717, 1.165) is 46.2 Å². The van der Waals surface area contributed by atoms with Crippen LogP contribution in [0.3, 0.4) is 0 Å². The Balaban J connectivity index is 2.82. The van der Waals surface area contributed by atoms with Crippen molar-refractivity contribution >= 4 is 0 Å². The molecule has 2 aromatic rings. The van der Waals surface area contributed by atoms with Crippen LogP contribution in [0.5, 0.6) is 11.5 Å². The lowest BCUT2D eigenvalue weighted by Gasteiger charge is -2.28. The van der Waals surface area contributed by atoms with Gasteiger partial charge in [0.15, 0.2) is 0 Å². The first kappa shape index (κ1) is 20.4. The first-order chi connectivity index (χ1) is 11.9. The van der Waals surface area contributed by atoms with Crippen molar-refractivity contribution in [2.45, 2.75) is 79.1 Å². The lowest BCUT2D eigenvalue weighted by atomic mass is 9.77. The van der Waals surface area contributed by atoms with Crippen LogP contribution in [0.15, 0.2) is 24.3 Å². The molecule has 0 atom stereocenters. The highest BCUT2D eigenvalue weighted by atomic mass is 16.3. The second-order valence-corrected chi connectivity index (χ2v) is 8.89. The normalized spacial score (nSPS) is 12.5. The van der Waals surface area contributed by atoms with Crippen LogP contribution < -0.4 is 0 Å². The van der Waals surface area contributed by atoms with Gasteiger partial charge in [0.25, 0.3) is 0 Å². The average molecular weight is 355 g/mol. The number of phenolic OH excluding ortho intramolecular Hbond substituents is 2. The molecule has 2 aromatic carbocycles. The maximum absolute atomic E-state index is 11.1. The van der Waals surface area contributed by atoms with Gasteiger partial charge in [-0.2, -0.15) is 0 Å². The molecule has 0 amide bonds. The van der Waals surface area contributed by atoms with Gasteiger partial charge in [-0.05, 0) is 60.8 Å². The van der Waals surface area contributed by atoms with Crippen molar-refractivity contribution in [2.24, 2.45) is 0 Å². The molecule has 2 rings (SSSR count). The summed E-state index contributed by atoms with van der Waals surface area (Å²) in [5, 5.41) is 22.2. The van der Waals surface area contributed by atoms with E-state index in [1.54, 1.807) is 0 Å². The fourth-order valence-corrected chi connectivity index (χ4v) is 3.38. The summed E-state index contributed by atoms with van der Waals surface area (Å²) in [6, 6.07) is 8.07. The molecule has 0 aliphatic heterocycles. The summed E-state index contributed by atoms with van der Waals surface area (Å²) < 4.78 is 0. The first-order valence-electron chi connectivity index (χ1n) is 9.63. The SMILES string of the molecule is CCC(C)(C)c1cc(C)cc(-c2cc(C)cc(C(C)(C)CC)c2O)c1O. The Labute approximate surface area is 158 Å². The van der Waals surface area contributed by atoms with Crippen LogP contribution in [0.25, 0.3) is 11.1 Å². The molecule has 0 radical (unpaired) electrons. The van der Waals surface area contributed by atoms with Crippen molar-refractivity contribution in [1.82, 2.24) is 0 Å². The third-order valence-corrected chi connectivity index (χ3v) is 6.02. The van der Waals surface area contributed by atoms with E-state index < -0.39 is 0 Å². The number of rotatable bonds is 5. The van der Waals surface area contributed by atoms with Gasteiger partial charge in [-0.3, -0.25) is 0 Å². The molecule has 142 valence electrons. The third kappa shape index (κ3) is 3.60. The topological polar surface area (TPSA) is 40.5 Å². The molecule has 0 bridgehead atoms. The summed E-state index contributed by atoms with van der Waals surface area (Å²) in [6.07, 6.45) is 1.86. The lowest BCUT2D eigenvalue weighted by molar-refractivity contribution is 0.423. The predicted octanol–water partition coefficient (Wildman–Crippen LogP) is 6.76. The molecule has 2 N–H and O–H groups in total. The fourth-order valence-electron chi connectivity index (χ4n) is 3.38. The zero-order valence-corrected chi connectivity index (χ0v) is 17.6. The fraction of sp³-hybridized carbons (Fsp3) is 0.500. The highest BCUT2D eigenvalue weighted by Crippen LogP contribution is 2.46. The molecule has 0 heterocycles. The molecule has 0 fully saturated rings. The van der Waals surface area contributed by atoms with Crippen LogP contribution in [0, 0.1) is 13.8 Å². The van der Waals surface area contributed by atoms with Gasteiger partial charge in [-0.1, -0.05) is 53.7 Å². The summed E-state index contributed by atoms with van der Waals surface area (Å²) in [6.45, 7) is 16.9.